The fraction of sp³-hybridized carbons (Fsp3) is 0.375. The van der Waals surface area contributed by atoms with E-state index in [4.69, 9.17) is 11.5 Å². The Hall–Kier alpha value is -2.75. The van der Waals surface area contributed by atoms with E-state index in [9.17, 15) is 4.79 Å². The Morgan fingerprint density at radius 3 is 1.79 bits per heavy atom. The van der Waals surface area contributed by atoms with Crippen molar-refractivity contribution in [2.45, 2.75) is 51.6 Å². The predicted molar refractivity (Wildman–Crippen MR) is 138 cm³/mol. The van der Waals surface area contributed by atoms with E-state index in [1.165, 1.54) is 38.3 Å². The maximum atomic E-state index is 11.0. The van der Waals surface area contributed by atoms with Gasteiger partial charge in [0.15, 0.2) is 10.3 Å². The number of anilines is 2. The van der Waals surface area contributed by atoms with Gasteiger partial charge in [-0.3, -0.25) is 4.79 Å². The maximum absolute atomic E-state index is 11.0. The fourth-order valence-corrected chi connectivity index (χ4v) is 6.50. The van der Waals surface area contributed by atoms with Crippen molar-refractivity contribution >= 4 is 59.3 Å². The van der Waals surface area contributed by atoms with E-state index in [0.29, 0.717) is 16.3 Å². The molecule has 0 spiro atoms. The summed E-state index contributed by atoms with van der Waals surface area (Å²) in [4.78, 5) is 19.7. The molecule has 33 heavy (non-hydrogen) atoms. The summed E-state index contributed by atoms with van der Waals surface area (Å²) >= 11 is 3.09. The van der Waals surface area contributed by atoms with Gasteiger partial charge >= 0.3 is 0 Å². The summed E-state index contributed by atoms with van der Waals surface area (Å²) in [5.41, 5.74) is 18.9. The number of fused-ring (bicyclic) bond motifs is 4. The number of carbonyl (C=O) groups is 1. The summed E-state index contributed by atoms with van der Waals surface area (Å²) in [7, 11) is 0. The van der Waals surface area contributed by atoms with E-state index >= 15 is 0 Å². The number of hydrogen-bond donors (Lipinski definition) is 4. The Morgan fingerprint density at radius 1 is 0.879 bits per heavy atom. The molecule has 0 saturated heterocycles. The zero-order valence-electron chi connectivity index (χ0n) is 18.8. The minimum absolute atomic E-state index is 0.0342. The molecule has 2 aromatic heterocycles. The number of nitrogens with two attached hydrogens (primary N) is 2. The molecule has 0 bridgehead atoms. The number of hydrogen-bond acceptors (Lipinski definition) is 8. The first-order valence-electron chi connectivity index (χ1n) is 11.2. The highest BCUT2D eigenvalue weighted by Gasteiger charge is 2.23. The molecule has 2 aliphatic rings. The number of nitrogens with one attached hydrogen (secondary N) is 2. The van der Waals surface area contributed by atoms with Crippen molar-refractivity contribution in [2.24, 2.45) is 0 Å². The molecule has 4 aromatic rings. The first-order valence-corrected chi connectivity index (χ1v) is 12.9. The van der Waals surface area contributed by atoms with Gasteiger partial charge in [0.1, 0.15) is 0 Å². The van der Waals surface area contributed by atoms with Crippen molar-refractivity contribution < 1.29 is 4.79 Å². The van der Waals surface area contributed by atoms with Crippen LogP contribution in [-0.4, -0.2) is 34.5 Å². The van der Waals surface area contributed by atoms with Gasteiger partial charge in [-0.05, 0) is 78.7 Å². The lowest BCUT2D eigenvalue weighted by molar-refractivity contribution is -0.119. The highest BCUT2D eigenvalue weighted by atomic mass is 32.1. The van der Waals surface area contributed by atoms with Crippen molar-refractivity contribution in [3.63, 3.8) is 0 Å². The van der Waals surface area contributed by atoms with Gasteiger partial charge in [-0.2, -0.15) is 0 Å². The number of aromatic nitrogens is 2. The lowest BCUT2D eigenvalue weighted by atomic mass is 10.1. The second-order valence-electron chi connectivity index (χ2n) is 8.75. The van der Waals surface area contributed by atoms with Gasteiger partial charge in [-0.25, -0.2) is 9.97 Å². The van der Waals surface area contributed by atoms with E-state index in [-0.39, 0.29) is 11.9 Å². The Kier molecular flexibility index (Phi) is 5.94. The first kappa shape index (κ1) is 22.1. The predicted octanol–water partition coefficient (Wildman–Crippen LogP) is 3.44. The second-order valence-corrected chi connectivity index (χ2v) is 10.9. The Morgan fingerprint density at radius 2 is 1.33 bits per heavy atom. The average Bonchev–Trinajstić information content (AvgIpc) is 3.47. The summed E-state index contributed by atoms with van der Waals surface area (Å²) in [6.45, 7) is 4.76. The van der Waals surface area contributed by atoms with Crippen LogP contribution in [0.4, 0.5) is 10.3 Å². The number of benzene rings is 2. The van der Waals surface area contributed by atoms with Crippen LogP contribution in [0.15, 0.2) is 24.3 Å². The number of likely N-dealkylation sites (N-methyl/N-ethyl adjacent to an activating group) is 1. The molecule has 0 radical (unpaired) electrons. The molecule has 0 fully saturated rings. The molecule has 6 N–H and O–H groups in total. The summed E-state index contributed by atoms with van der Waals surface area (Å²) < 4.78 is 2.35. The summed E-state index contributed by atoms with van der Waals surface area (Å²) in [6.07, 6.45) is 4.05. The summed E-state index contributed by atoms with van der Waals surface area (Å²) in [5, 5.41) is 7.76. The first-order chi connectivity index (χ1) is 15.9. The van der Waals surface area contributed by atoms with Crippen molar-refractivity contribution in [1.82, 2.24) is 20.6 Å². The molecule has 172 valence electrons. The van der Waals surface area contributed by atoms with Crippen LogP contribution in [0.25, 0.3) is 20.4 Å². The molecule has 2 atom stereocenters. The number of rotatable bonds is 3. The Labute approximate surface area is 200 Å². The zero-order valence-corrected chi connectivity index (χ0v) is 20.4. The maximum Gasteiger partial charge on any atom is 0.217 e. The third kappa shape index (κ3) is 4.66. The molecule has 2 aliphatic carbocycles. The van der Waals surface area contributed by atoms with E-state index in [1.54, 1.807) is 18.3 Å². The van der Waals surface area contributed by atoms with Crippen molar-refractivity contribution in [3.05, 3.63) is 46.5 Å². The summed E-state index contributed by atoms with van der Waals surface area (Å²) in [5.74, 6) is 0.0342. The number of nitrogen functional groups attached to an aromatic ring is 2. The molecule has 0 saturated carbocycles. The highest BCUT2D eigenvalue weighted by molar-refractivity contribution is 7.22. The number of nitrogens with zero attached hydrogens (tertiary/aromatic N) is 2. The topological polar surface area (TPSA) is 119 Å². The minimum atomic E-state index is 0.0342. The molecule has 9 heteroatoms. The number of amides is 1. The SMILES string of the molecule is CC(=O)NC1Cc2cc3nc(N)sc3cc2C1.CCNC1Cc2cc3nc(N)sc3cc2C1. The molecule has 2 unspecified atom stereocenters. The van der Waals surface area contributed by atoms with E-state index in [1.807, 2.05) is 0 Å². The third-order valence-corrected chi connectivity index (χ3v) is 7.91. The monoisotopic (exact) mass is 480 g/mol. The van der Waals surface area contributed by atoms with Crippen LogP contribution in [-0.2, 0) is 30.5 Å². The van der Waals surface area contributed by atoms with Crippen molar-refractivity contribution in [3.8, 4) is 0 Å². The zero-order chi connectivity index (χ0) is 23.1. The van der Waals surface area contributed by atoms with Gasteiger partial charge in [0.05, 0.1) is 20.4 Å². The van der Waals surface area contributed by atoms with Crippen LogP contribution in [0.3, 0.4) is 0 Å². The Bertz CT molecular complexity index is 1260. The van der Waals surface area contributed by atoms with Gasteiger partial charge in [0.25, 0.3) is 0 Å². The molecule has 2 aromatic carbocycles. The van der Waals surface area contributed by atoms with Gasteiger partial charge in [-0.15, -0.1) is 0 Å². The largest absolute Gasteiger partial charge is 0.375 e. The highest BCUT2D eigenvalue weighted by Crippen LogP contribution is 2.32. The van der Waals surface area contributed by atoms with Crippen LogP contribution < -0.4 is 22.1 Å². The molecule has 2 heterocycles. The smallest absolute Gasteiger partial charge is 0.217 e. The van der Waals surface area contributed by atoms with E-state index in [0.717, 1.165) is 48.0 Å². The molecular formula is C24H28N6OS2. The normalized spacial score (nSPS) is 18.7. The fourth-order valence-electron chi connectivity index (χ4n) is 4.94. The number of thiazole rings is 2. The van der Waals surface area contributed by atoms with Gasteiger partial charge in [-0.1, -0.05) is 29.6 Å². The second kappa shape index (κ2) is 8.89. The number of carbonyl (C=O) groups excluding carboxylic acids is 1. The van der Waals surface area contributed by atoms with Crippen LogP contribution in [0.1, 0.15) is 36.1 Å². The average molecular weight is 481 g/mol. The van der Waals surface area contributed by atoms with Crippen molar-refractivity contribution in [1.29, 1.82) is 0 Å². The van der Waals surface area contributed by atoms with Gasteiger partial charge in [0.2, 0.25) is 5.91 Å². The van der Waals surface area contributed by atoms with Gasteiger partial charge < -0.3 is 22.1 Å². The Balaban J connectivity index is 0.000000139. The lowest BCUT2D eigenvalue weighted by Crippen LogP contribution is -2.33. The third-order valence-electron chi connectivity index (χ3n) is 6.22. The molecular weight excluding hydrogens is 452 g/mol. The molecule has 7 nitrogen and oxygen atoms in total. The van der Waals surface area contributed by atoms with Gasteiger partial charge in [0, 0.05) is 19.0 Å². The van der Waals surface area contributed by atoms with Crippen LogP contribution in [0, 0.1) is 0 Å². The molecule has 0 aliphatic heterocycles. The van der Waals surface area contributed by atoms with Crippen LogP contribution >= 0.6 is 22.7 Å². The van der Waals surface area contributed by atoms with Crippen LogP contribution in [0.2, 0.25) is 0 Å². The lowest BCUT2D eigenvalue weighted by Gasteiger charge is -2.08. The van der Waals surface area contributed by atoms with E-state index in [2.05, 4.69) is 51.8 Å². The molecule has 1 amide bonds. The summed E-state index contributed by atoms with van der Waals surface area (Å²) in [6, 6.07) is 9.55. The van der Waals surface area contributed by atoms with E-state index < -0.39 is 0 Å². The van der Waals surface area contributed by atoms with Crippen LogP contribution in [0.5, 0.6) is 0 Å². The van der Waals surface area contributed by atoms with Crippen molar-refractivity contribution in [2.75, 3.05) is 18.0 Å². The quantitative estimate of drug-likeness (QED) is 0.357. The molecule has 6 rings (SSSR count). The minimum Gasteiger partial charge on any atom is -0.375 e. The standard InChI is InChI=1S/C12H13N3OS.C12H15N3S/c1-6(16)14-9-2-7-4-10-11(5-8(7)3-9)17-12(13)15-10;1-2-14-9-3-7-5-10-11(6-8(7)4-9)16-12(13)15-10/h4-5,9H,2-3H2,1H3,(H2,13,15)(H,14,16);5-6,9,14H,2-4H2,1H3,(H2,13,15).